The number of hydrogen-bond donors (Lipinski definition) is 8. The third-order valence-electron chi connectivity index (χ3n) is 7.58. The first-order valence-electron chi connectivity index (χ1n) is 13.1. The lowest BCUT2D eigenvalue weighted by molar-refractivity contribution is -0.268. The summed E-state index contributed by atoms with van der Waals surface area (Å²) in [6.45, 7) is 0.830. The van der Waals surface area contributed by atoms with E-state index in [-0.39, 0.29) is 33.8 Å². The highest BCUT2D eigenvalue weighted by Crippen LogP contribution is 2.44. The lowest BCUT2D eigenvalue weighted by Gasteiger charge is -2.40. The lowest BCUT2D eigenvalue weighted by Crippen LogP contribution is -2.58. The number of rotatable bonds is 6. The predicted octanol–water partition coefficient (Wildman–Crippen LogP) is -1.10. The number of hydrogen-bond acceptors (Lipinski definition) is 14. The number of ether oxygens (including phenoxy) is 4. The third kappa shape index (κ3) is 5.21. The molecule has 10 atom stereocenters. The number of phenolic OH excluding ortho intramolecular Hbond substituents is 1. The average Bonchev–Trinajstić information content (AvgIpc) is 2.98. The van der Waals surface area contributed by atoms with Crippen LogP contribution in [0.25, 0.3) is 22.3 Å². The van der Waals surface area contributed by atoms with E-state index in [2.05, 4.69) is 0 Å². The third-order valence-corrected chi connectivity index (χ3v) is 7.58. The molecule has 14 heteroatoms. The van der Waals surface area contributed by atoms with Gasteiger partial charge >= 0.3 is 0 Å². The fourth-order valence-electron chi connectivity index (χ4n) is 5.18. The Morgan fingerprint density at radius 3 is 2.17 bits per heavy atom. The summed E-state index contributed by atoms with van der Waals surface area (Å²) in [7, 11) is 1.27. The SMILES string of the molecule is COc1cc(O)c2c(=O)cc(-c3ccc(O[C@@H]4O[C@@H](C)[C@H](O)[C@@H](O)[C@H]4O)cc3)oc2c1[C@@H]1O[C@H](CO)[C@@H](O)[C@H](O)[C@H]1O. The van der Waals surface area contributed by atoms with E-state index in [4.69, 9.17) is 23.4 Å². The number of benzene rings is 2. The molecule has 0 amide bonds. The van der Waals surface area contributed by atoms with Crippen molar-refractivity contribution < 1.29 is 64.2 Å². The topological polar surface area (TPSA) is 229 Å². The fraction of sp³-hybridized carbons (Fsp3) is 0.464. The van der Waals surface area contributed by atoms with E-state index in [0.29, 0.717) is 5.56 Å². The van der Waals surface area contributed by atoms with E-state index in [1.165, 1.54) is 38.3 Å². The normalized spacial score (nSPS) is 33.5. The largest absolute Gasteiger partial charge is 0.507 e. The number of phenols is 1. The van der Waals surface area contributed by atoms with Gasteiger partial charge in [-0.25, -0.2) is 0 Å². The maximum atomic E-state index is 13.2. The van der Waals surface area contributed by atoms with Crippen LogP contribution in [0.3, 0.4) is 0 Å². The van der Waals surface area contributed by atoms with Gasteiger partial charge in [-0.3, -0.25) is 4.79 Å². The van der Waals surface area contributed by atoms with Crippen molar-refractivity contribution in [3.8, 4) is 28.6 Å². The Hall–Kier alpha value is -3.31. The molecule has 1 aromatic heterocycles. The van der Waals surface area contributed by atoms with Crippen LogP contribution in [0, 0.1) is 0 Å². The van der Waals surface area contributed by atoms with Gasteiger partial charge in [-0.15, -0.1) is 0 Å². The summed E-state index contributed by atoms with van der Waals surface area (Å²) in [5, 5.41) is 81.5. The number of fused-ring (bicyclic) bond motifs is 1. The molecule has 3 aromatic rings. The highest BCUT2D eigenvalue weighted by Gasteiger charge is 2.46. The molecule has 0 radical (unpaired) electrons. The Morgan fingerprint density at radius 1 is 0.857 bits per heavy atom. The van der Waals surface area contributed by atoms with Gasteiger partial charge in [0.1, 0.15) is 77.2 Å². The van der Waals surface area contributed by atoms with Crippen molar-refractivity contribution in [3.05, 3.63) is 52.2 Å². The van der Waals surface area contributed by atoms with Gasteiger partial charge in [-0.1, -0.05) is 0 Å². The van der Waals surface area contributed by atoms with E-state index in [1.54, 1.807) is 0 Å². The number of aliphatic hydroxyl groups is 7. The Morgan fingerprint density at radius 2 is 1.52 bits per heavy atom. The van der Waals surface area contributed by atoms with Gasteiger partial charge < -0.3 is 64.2 Å². The zero-order valence-corrected chi connectivity index (χ0v) is 22.5. The van der Waals surface area contributed by atoms with Crippen molar-refractivity contribution in [1.82, 2.24) is 0 Å². The van der Waals surface area contributed by atoms with Crippen molar-refractivity contribution in [3.63, 3.8) is 0 Å². The van der Waals surface area contributed by atoms with E-state index in [9.17, 15) is 45.6 Å². The predicted molar refractivity (Wildman–Crippen MR) is 142 cm³/mol. The first kappa shape index (κ1) is 30.2. The van der Waals surface area contributed by atoms with Crippen LogP contribution in [0.2, 0.25) is 0 Å². The molecule has 2 fully saturated rings. The Labute approximate surface area is 238 Å². The maximum absolute atomic E-state index is 13.2. The Bertz CT molecular complexity index is 1470. The van der Waals surface area contributed by atoms with E-state index < -0.39 is 79.0 Å². The molecule has 0 spiro atoms. The Balaban J connectivity index is 1.53. The van der Waals surface area contributed by atoms with Gasteiger partial charge in [0, 0.05) is 17.7 Å². The molecule has 0 bridgehead atoms. The van der Waals surface area contributed by atoms with Crippen molar-refractivity contribution in [2.24, 2.45) is 0 Å². The van der Waals surface area contributed by atoms with Crippen LogP contribution in [0.5, 0.6) is 17.2 Å². The van der Waals surface area contributed by atoms with Crippen LogP contribution in [0.1, 0.15) is 18.6 Å². The van der Waals surface area contributed by atoms with E-state index >= 15 is 0 Å². The first-order valence-corrected chi connectivity index (χ1v) is 13.1. The molecule has 5 rings (SSSR count). The highest BCUT2D eigenvalue weighted by atomic mass is 16.7. The smallest absolute Gasteiger partial charge is 0.229 e. The molecule has 228 valence electrons. The monoisotopic (exact) mass is 592 g/mol. The summed E-state index contributed by atoms with van der Waals surface area (Å²) in [6, 6.07) is 8.28. The second-order valence-corrected chi connectivity index (χ2v) is 10.3. The van der Waals surface area contributed by atoms with Crippen LogP contribution in [-0.2, 0) is 9.47 Å². The molecule has 2 aromatic carbocycles. The number of methoxy groups -OCH3 is 1. The quantitative estimate of drug-likeness (QED) is 0.170. The zero-order valence-electron chi connectivity index (χ0n) is 22.5. The molecule has 0 unspecified atom stereocenters. The second-order valence-electron chi connectivity index (χ2n) is 10.3. The minimum absolute atomic E-state index is 0.0265. The minimum atomic E-state index is -1.73. The van der Waals surface area contributed by atoms with Gasteiger partial charge in [0.05, 0.1) is 25.4 Å². The van der Waals surface area contributed by atoms with Crippen LogP contribution >= 0.6 is 0 Å². The molecule has 42 heavy (non-hydrogen) atoms. The molecule has 2 saturated heterocycles. The van der Waals surface area contributed by atoms with Gasteiger partial charge in [0.25, 0.3) is 0 Å². The van der Waals surface area contributed by atoms with Crippen LogP contribution in [-0.4, -0.2) is 110 Å². The average molecular weight is 593 g/mol. The van der Waals surface area contributed by atoms with Crippen molar-refractivity contribution in [2.75, 3.05) is 13.7 Å². The van der Waals surface area contributed by atoms with Crippen molar-refractivity contribution in [2.45, 2.75) is 68.1 Å². The first-order chi connectivity index (χ1) is 20.0. The molecular formula is C28H32O14. The van der Waals surface area contributed by atoms with Crippen LogP contribution in [0.15, 0.2) is 45.6 Å². The van der Waals surface area contributed by atoms with Gasteiger partial charge in [-0.2, -0.15) is 0 Å². The molecule has 2 aliphatic rings. The van der Waals surface area contributed by atoms with Crippen LogP contribution < -0.4 is 14.9 Å². The van der Waals surface area contributed by atoms with Gasteiger partial charge in [0.2, 0.25) is 6.29 Å². The zero-order chi connectivity index (χ0) is 30.5. The summed E-state index contributed by atoms with van der Waals surface area (Å²) in [6.07, 6.45) is -14.1. The van der Waals surface area contributed by atoms with Crippen molar-refractivity contribution >= 4 is 11.0 Å². The second kappa shape index (κ2) is 11.8. The fourth-order valence-corrected chi connectivity index (χ4v) is 5.18. The van der Waals surface area contributed by atoms with Crippen LogP contribution in [0.4, 0.5) is 0 Å². The summed E-state index contributed by atoms with van der Waals surface area (Å²) in [5.74, 6) is -0.283. The maximum Gasteiger partial charge on any atom is 0.229 e. The molecule has 3 heterocycles. The molecule has 8 N–H and O–H groups in total. The summed E-state index contributed by atoms with van der Waals surface area (Å²) in [5.41, 5.74) is -0.547. The standard InChI is InChI=1S/C28H32O14/c1-10-20(32)22(34)25(37)28(39-10)40-12-5-3-11(4-6-12)15-7-13(30)18-14(31)8-16(38-2)19(26(18)41-15)27-24(36)23(35)21(33)17(9-29)42-27/h3-8,10,17,20-25,27-29,31-37H,9H2,1-2H3/t10-,17+,20-,21+,22+,23-,24+,25+,27-,28-/m0/s1. The van der Waals surface area contributed by atoms with E-state index in [0.717, 1.165) is 12.1 Å². The molecular weight excluding hydrogens is 560 g/mol. The minimum Gasteiger partial charge on any atom is -0.507 e. The summed E-state index contributed by atoms with van der Waals surface area (Å²) in [4.78, 5) is 13.2. The molecule has 14 nitrogen and oxygen atoms in total. The Kier molecular flexibility index (Phi) is 8.44. The molecule has 0 saturated carbocycles. The summed E-state index contributed by atoms with van der Waals surface area (Å²) >= 11 is 0. The number of aliphatic hydroxyl groups excluding tert-OH is 7. The number of aromatic hydroxyl groups is 1. The molecule has 0 aliphatic carbocycles. The summed E-state index contributed by atoms with van der Waals surface area (Å²) < 4.78 is 28.2. The molecule has 2 aliphatic heterocycles. The van der Waals surface area contributed by atoms with E-state index in [1.807, 2.05) is 0 Å². The van der Waals surface area contributed by atoms with Crippen molar-refractivity contribution in [1.29, 1.82) is 0 Å². The van der Waals surface area contributed by atoms with Gasteiger partial charge in [0.15, 0.2) is 11.0 Å². The van der Waals surface area contributed by atoms with Gasteiger partial charge in [-0.05, 0) is 31.2 Å². The lowest BCUT2D eigenvalue weighted by atomic mass is 9.89. The highest BCUT2D eigenvalue weighted by molar-refractivity contribution is 5.89.